The Morgan fingerprint density at radius 3 is 2.29 bits per heavy atom. The summed E-state index contributed by atoms with van der Waals surface area (Å²) in [5, 5.41) is 0.0201. The average molecular weight is 463 g/mol. The molecule has 0 atom stereocenters. The van der Waals surface area contributed by atoms with E-state index in [1.807, 2.05) is 0 Å². The van der Waals surface area contributed by atoms with Crippen LogP contribution >= 0.6 is 23.2 Å². The lowest BCUT2D eigenvalue weighted by Crippen LogP contribution is -2.36. The highest BCUT2D eigenvalue weighted by Crippen LogP contribution is 2.31. The van der Waals surface area contributed by atoms with Crippen molar-refractivity contribution in [3.05, 3.63) is 52.0 Å². The van der Waals surface area contributed by atoms with Gasteiger partial charge in [0.25, 0.3) is 10.0 Å². The zero-order valence-electron chi connectivity index (χ0n) is 15.2. The van der Waals surface area contributed by atoms with Crippen molar-refractivity contribution in [3.63, 3.8) is 0 Å². The molecule has 1 aliphatic rings. The Balaban J connectivity index is 1.96. The summed E-state index contributed by atoms with van der Waals surface area (Å²) in [5.74, 6) is 0. The molecule has 2 aromatic carbocycles. The Hall–Kier alpha value is -1.32. The van der Waals surface area contributed by atoms with Crippen molar-refractivity contribution in [2.75, 3.05) is 17.8 Å². The van der Waals surface area contributed by atoms with Gasteiger partial charge in [-0.3, -0.25) is 4.72 Å². The maximum absolute atomic E-state index is 13.0. The van der Waals surface area contributed by atoms with Gasteiger partial charge < -0.3 is 0 Å². The molecule has 0 spiro atoms. The zero-order valence-corrected chi connectivity index (χ0v) is 18.3. The molecular weight excluding hydrogens is 443 g/mol. The molecule has 2 aromatic rings. The molecule has 0 saturated carbocycles. The minimum Gasteiger partial charge on any atom is -0.280 e. The van der Waals surface area contributed by atoms with E-state index in [1.165, 1.54) is 34.6 Å². The van der Waals surface area contributed by atoms with Crippen LogP contribution in [0.3, 0.4) is 0 Å². The van der Waals surface area contributed by atoms with Gasteiger partial charge in [-0.15, -0.1) is 0 Å². The van der Waals surface area contributed by atoms with Gasteiger partial charge in [-0.2, -0.15) is 4.31 Å². The third-order valence-corrected chi connectivity index (χ3v) is 8.97. The molecule has 1 aliphatic heterocycles. The number of rotatable bonds is 5. The van der Waals surface area contributed by atoms with Crippen LogP contribution in [0.2, 0.25) is 10.0 Å². The highest BCUT2D eigenvalue weighted by atomic mass is 35.5. The first-order valence-electron chi connectivity index (χ1n) is 8.70. The third kappa shape index (κ3) is 4.31. The fourth-order valence-electron chi connectivity index (χ4n) is 3.09. The van der Waals surface area contributed by atoms with E-state index in [-0.39, 0.29) is 25.5 Å². The van der Waals surface area contributed by atoms with Crippen molar-refractivity contribution < 1.29 is 16.8 Å². The molecule has 0 amide bonds. The van der Waals surface area contributed by atoms with Crippen molar-refractivity contribution in [2.24, 2.45) is 0 Å². The van der Waals surface area contributed by atoms with Gasteiger partial charge in [0, 0.05) is 13.1 Å². The van der Waals surface area contributed by atoms with Crippen molar-refractivity contribution in [1.29, 1.82) is 0 Å². The van der Waals surface area contributed by atoms with Crippen LogP contribution in [-0.2, 0) is 20.0 Å². The Morgan fingerprint density at radius 1 is 0.929 bits per heavy atom. The number of halogens is 2. The lowest BCUT2D eigenvalue weighted by Gasteiger charge is -2.26. The molecule has 0 bridgehead atoms. The summed E-state index contributed by atoms with van der Waals surface area (Å²) in [6.45, 7) is 2.62. The van der Waals surface area contributed by atoms with Crippen LogP contribution in [0, 0.1) is 6.92 Å². The Bertz CT molecular complexity index is 1100. The summed E-state index contributed by atoms with van der Waals surface area (Å²) in [4.78, 5) is -0.0885. The zero-order chi connectivity index (χ0) is 20.5. The highest BCUT2D eigenvalue weighted by molar-refractivity contribution is 7.93. The number of nitrogens with zero attached hydrogens (tertiary/aromatic N) is 1. The molecule has 0 aromatic heterocycles. The summed E-state index contributed by atoms with van der Waals surface area (Å²) in [5.41, 5.74) is 0.687. The first-order chi connectivity index (χ1) is 13.1. The summed E-state index contributed by atoms with van der Waals surface area (Å²) in [6.07, 6.45) is 2.64. The molecule has 10 heteroatoms. The number of sulfonamides is 2. The number of anilines is 1. The van der Waals surface area contributed by atoms with Crippen molar-refractivity contribution >= 4 is 48.9 Å². The van der Waals surface area contributed by atoms with E-state index < -0.39 is 20.0 Å². The molecule has 152 valence electrons. The van der Waals surface area contributed by atoms with Gasteiger partial charge in [-0.1, -0.05) is 41.8 Å². The van der Waals surface area contributed by atoms with Crippen molar-refractivity contribution in [1.82, 2.24) is 4.31 Å². The first-order valence-corrected chi connectivity index (χ1v) is 12.4. The fourth-order valence-corrected chi connectivity index (χ4v) is 6.67. The normalized spacial score (nSPS) is 16.1. The molecule has 28 heavy (non-hydrogen) atoms. The minimum atomic E-state index is -4.04. The second-order valence-corrected chi connectivity index (χ2v) is 10.9. The van der Waals surface area contributed by atoms with Crippen molar-refractivity contribution in [2.45, 2.75) is 36.0 Å². The number of hydrogen-bond acceptors (Lipinski definition) is 4. The van der Waals surface area contributed by atoms with Gasteiger partial charge in [0.05, 0.1) is 20.6 Å². The first kappa shape index (κ1) is 21.4. The van der Waals surface area contributed by atoms with Gasteiger partial charge in [0.15, 0.2) is 0 Å². The summed E-state index contributed by atoms with van der Waals surface area (Å²) in [7, 11) is -7.74. The maximum Gasteiger partial charge on any atom is 0.263 e. The Labute approximate surface area is 175 Å². The molecule has 3 rings (SSSR count). The van der Waals surface area contributed by atoms with E-state index in [0.717, 1.165) is 19.3 Å². The van der Waals surface area contributed by atoms with Crippen LogP contribution in [0.5, 0.6) is 0 Å². The van der Waals surface area contributed by atoms with E-state index in [0.29, 0.717) is 18.7 Å². The second kappa shape index (κ2) is 8.20. The summed E-state index contributed by atoms with van der Waals surface area (Å²) in [6, 6.07) is 8.72. The van der Waals surface area contributed by atoms with Gasteiger partial charge >= 0.3 is 0 Å². The fraction of sp³-hybridized carbons (Fsp3) is 0.333. The summed E-state index contributed by atoms with van der Waals surface area (Å²) >= 11 is 11.9. The lowest BCUT2D eigenvalue weighted by atomic mass is 10.2. The smallest absolute Gasteiger partial charge is 0.263 e. The van der Waals surface area contributed by atoms with E-state index in [1.54, 1.807) is 13.0 Å². The second-order valence-electron chi connectivity index (χ2n) is 6.60. The molecule has 0 aliphatic carbocycles. The molecular formula is C18H20Cl2N2O4S2. The molecule has 0 unspecified atom stereocenters. The molecule has 1 saturated heterocycles. The monoisotopic (exact) mass is 462 g/mol. The lowest BCUT2D eigenvalue weighted by molar-refractivity contribution is 0.346. The van der Waals surface area contributed by atoms with Crippen LogP contribution in [0.15, 0.2) is 46.2 Å². The topological polar surface area (TPSA) is 83.5 Å². The van der Waals surface area contributed by atoms with Crippen LogP contribution in [0.25, 0.3) is 0 Å². The molecule has 1 heterocycles. The summed E-state index contributed by atoms with van der Waals surface area (Å²) < 4.78 is 55.3. The van der Waals surface area contributed by atoms with Crippen LogP contribution in [0.1, 0.15) is 24.8 Å². The Morgan fingerprint density at radius 2 is 1.61 bits per heavy atom. The minimum absolute atomic E-state index is 0.0896. The maximum atomic E-state index is 13.0. The molecule has 0 radical (unpaired) electrons. The van der Waals surface area contributed by atoms with E-state index in [2.05, 4.69) is 4.72 Å². The molecule has 6 nitrogen and oxygen atoms in total. The van der Waals surface area contributed by atoms with E-state index in [9.17, 15) is 16.8 Å². The number of hydrogen-bond donors (Lipinski definition) is 1. The predicted molar refractivity (Wildman–Crippen MR) is 111 cm³/mol. The largest absolute Gasteiger partial charge is 0.280 e. The predicted octanol–water partition coefficient (Wildman–Crippen LogP) is 4.28. The van der Waals surface area contributed by atoms with Crippen LogP contribution in [-0.4, -0.2) is 34.2 Å². The average Bonchev–Trinajstić information content (AvgIpc) is 2.65. The van der Waals surface area contributed by atoms with Crippen LogP contribution in [0.4, 0.5) is 5.69 Å². The quantitative estimate of drug-likeness (QED) is 0.718. The molecule has 1 fully saturated rings. The van der Waals surface area contributed by atoms with Crippen LogP contribution < -0.4 is 4.72 Å². The highest BCUT2D eigenvalue weighted by Gasteiger charge is 2.28. The van der Waals surface area contributed by atoms with E-state index in [4.69, 9.17) is 23.2 Å². The van der Waals surface area contributed by atoms with E-state index >= 15 is 0 Å². The third-order valence-electron chi connectivity index (χ3n) is 4.58. The number of nitrogens with one attached hydrogen (secondary N) is 1. The van der Waals surface area contributed by atoms with Gasteiger partial charge in [0.2, 0.25) is 10.0 Å². The van der Waals surface area contributed by atoms with Gasteiger partial charge in [-0.05, 0) is 49.6 Å². The molecule has 1 N–H and O–H groups in total. The SMILES string of the molecule is Cc1ccc(NS(=O)(=O)c2cccc(Cl)c2Cl)cc1S(=O)(=O)N1CCCCC1. The standard InChI is InChI=1S/C18H20Cl2N2O4S2/c1-13-8-9-14(12-17(13)28(25,26)22-10-3-2-4-11-22)21-27(23,24)16-7-5-6-15(19)18(16)20/h5-9,12,21H,2-4,10-11H2,1H3. The van der Waals surface area contributed by atoms with Crippen molar-refractivity contribution in [3.8, 4) is 0 Å². The Kier molecular flexibility index (Phi) is 6.26. The number of piperidine rings is 1. The van der Waals surface area contributed by atoms with Gasteiger partial charge in [0.1, 0.15) is 4.90 Å². The number of benzene rings is 2. The number of aryl methyl sites for hydroxylation is 1. The van der Waals surface area contributed by atoms with Gasteiger partial charge in [-0.25, -0.2) is 16.8 Å².